The van der Waals surface area contributed by atoms with Crippen LogP contribution >= 0.6 is 11.3 Å². The minimum atomic E-state index is 0.160. The number of carbonyl (C=O) groups excluding carboxylic acids is 1. The zero-order valence-electron chi connectivity index (χ0n) is 12.8. The van der Waals surface area contributed by atoms with E-state index in [1.54, 1.807) is 11.3 Å². The van der Waals surface area contributed by atoms with E-state index in [9.17, 15) is 4.79 Å². The monoisotopic (exact) mass is 315 g/mol. The summed E-state index contributed by atoms with van der Waals surface area (Å²) < 4.78 is 0. The summed E-state index contributed by atoms with van der Waals surface area (Å²) >= 11 is 1.60. The molecule has 22 heavy (non-hydrogen) atoms. The van der Waals surface area contributed by atoms with Crippen LogP contribution < -0.4 is 5.73 Å². The van der Waals surface area contributed by atoms with Crippen LogP contribution in [0.4, 0.5) is 0 Å². The van der Waals surface area contributed by atoms with Crippen LogP contribution in [0.1, 0.15) is 24.1 Å². The van der Waals surface area contributed by atoms with Gasteiger partial charge in [0.25, 0.3) is 0 Å². The van der Waals surface area contributed by atoms with Gasteiger partial charge in [-0.2, -0.15) is 0 Å². The second kappa shape index (κ2) is 6.58. The lowest BCUT2D eigenvalue weighted by Crippen LogP contribution is -2.43. The highest BCUT2D eigenvalue weighted by atomic mass is 32.1. The number of nitrogens with zero attached hydrogens (tertiary/aromatic N) is 2. The first-order chi connectivity index (χ1) is 10.6. The fourth-order valence-corrected chi connectivity index (χ4v) is 3.53. The number of piperidine rings is 1. The number of amides is 1. The number of aromatic nitrogens is 1. The van der Waals surface area contributed by atoms with Gasteiger partial charge >= 0.3 is 0 Å². The van der Waals surface area contributed by atoms with Crippen LogP contribution in [0.25, 0.3) is 10.6 Å². The Morgan fingerprint density at radius 1 is 1.41 bits per heavy atom. The number of aryl methyl sites for hydroxylation is 1. The molecule has 0 aliphatic carbocycles. The highest BCUT2D eigenvalue weighted by molar-refractivity contribution is 7.13. The Morgan fingerprint density at radius 3 is 2.91 bits per heavy atom. The van der Waals surface area contributed by atoms with Crippen molar-refractivity contribution >= 4 is 17.2 Å². The molecule has 116 valence electrons. The molecule has 1 saturated heterocycles. The van der Waals surface area contributed by atoms with Gasteiger partial charge in [0.15, 0.2) is 0 Å². The molecule has 4 nitrogen and oxygen atoms in total. The average Bonchev–Trinajstić information content (AvgIpc) is 2.96. The van der Waals surface area contributed by atoms with E-state index in [4.69, 9.17) is 5.73 Å². The van der Waals surface area contributed by atoms with Gasteiger partial charge in [0.05, 0.1) is 12.1 Å². The molecule has 0 saturated carbocycles. The van der Waals surface area contributed by atoms with Crippen LogP contribution in [0.2, 0.25) is 0 Å². The number of hydrogen-bond donors (Lipinski definition) is 1. The third-order valence-corrected chi connectivity index (χ3v) is 4.98. The molecule has 0 spiro atoms. The van der Waals surface area contributed by atoms with Crippen molar-refractivity contribution in [1.82, 2.24) is 9.88 Å². The first-order valence-electron chi connectivity index (χ1n) is 7.66. The predicted molar refractivity (Wildman–Crippen MR) is 89.8 cm³/mol. The van der Waals surface area contributed by atoms with Gasteiger partial charge in [0, 0.05) is 30.1 Å². The summed E-state index contributed by atoms with van der Waals surface area (Å²) in [5.74, 6) is 0.160. The number of carbonyl (C=O) groups is 1. The van der Waals surface area contributed by atoms with Crippen LogP contribution in [0.15, 0.2) is 29.6 Å². The van der Waals surface area contributed by atoms with Crippen molar-refractivity contribution in [3.63, 3.8) is 0 Å². The summed E-state index contributed by atoms with van der Waals surface area (Å²) in [5, 5.41) is 2.97. The van der Waals surface area contributed by atoms with Crippen molar-refractivity contribution < 1.29 is 4.79 Å². The minimum Gasteiger partial charge on any atom is -0.342 e. The molecule has 1 aliphatic rings. The van der Waals surface area contributed by atoms with Crippen molar-refractivity contribution in [2.75, 3.05) is 13.1 Å². The maximum absolute atomic E-state index is 12.3. The van der Waals surface area contributed by atoms with Gasteiger partial charge in [0.1, 0.15) is 5.01 Å². The Balaban J connectivity index is 1.65. The molecule has 0 unspecified atom stereocenters. The average molecular weight is 315 g/mol. The van der Waals surface area contributed by atoms with Gasteiger partial charge in [-0.1, -0.05) is 23.8 Å². The summed E-state index contributed by atoms with van der Waals surface area (Å²) in [6.45, 7) is 3.62. The summed E-state index contributed by atoms with van der Waals surface area (Å²) in [6.07, 6.45) is 2.19. The van der Waals surface area contributed by atoms with E-state index in [0.717, 1.165) is 42.2 Å². The normalized spacial score (nSPS) is 16.0. The van der Waals surface area contributed by atoms with Crippen molar-refractivity contribution in [3.8, 4) is 10.6 Å². The van der Waals surface area contributed by atoms with Gasteiger partial charge in [-0.15, -0.1) is 11.3 Å². The fraction of sp³-hybridized carbons (Fsp3) is 0.412. The molecule has 1 fully saturated rings. The number of nitrogens with two attached hydrogens (primary N) is 1. The highest BCUT2D eigenvalue weighted by Gasteiger charge is 2.21. The topological polar surface area (TPSA) is 59.2 Å². The Labute approximate surface area is 135 Å². The lowest BCUT2D eigenvalue weighted by atomic mass is 10.1. The zero-order valence-corrected chi connectivity index (χ0v) is 13.6. The molecule has 2 aromatic rings. The van der Waals surface area contributed by atoms with Gasteiger partial charge in [0.2, 0.25) is 5.91 Å². The molecular formula is C17H21N3OS. The van der Waals surface area contributed by atoms with Gasteiger partial charge in [-0.25, -0.2) is 4.98 Å². The summed E-state index contributed by atoms with van der Waals surface area (Å²) in [4.78, 5) is 18.9. The number of likely N-dealkylation sites (tertiary alicyclic amines) is 1. The van der Waals surface area contributed by atoms with E-state index in [-0.39, 0.29) is 11.9 Å². The Hall–Kier alpha value is -1.72. The Kier molecular flexibility index (Phi) is 4.55. The highest BCUT2D eigenvalue weighted by Crippen LogP contribution is 2.25. The predicted octanol–water partition coefficient (Wildman–Crippen LogP) is 2.61. The van der Waals surface area contributed by atoms with Gasteiger partial charge < -0.3 is 10.6 Å². The molecule has 3 rings (SSSR count). The lowest BCUT2D eigenvalue weighted by molar-refractivity contribution is -0.131. The van der Waals surface area contributed by atoms with E-state index in [1.165, 1.54) is 5.56 Å². The molecule has 2 heterocycles. The van der Waals surface area contributed by atoms with Gasteiger partial charge in [-0.3, -0.25) is 4.79 Å². The summed E-state index contributed by atoms with van der Waals surface area (Å²) in [6, 6.07) is 8.53. The molecule has 0 atom stereocenters. The van der Waals surface area contributed by atoms with E-state index in [0.29, 0.717) is 6.42 Å². The molecular weight excluding hydrogens is 294 g/mol. The first-order valence-corrected chi connectivity index (χ1v) is 8.54. The molecule has 1 aromatic heterocycles. The standard InChI is InChI=1S/C17H21N3OS/c1-12-3-2-4-13(9-12)17-19-15(11-22-17)10-16(21)20-7-5-14(18)6-8-20/h2-4,9,11,14H,5-8,10,18H2,1H3. The second-order valence-electron chi connectivity index (χ2n) is 5.91. The summed E-state index contributed by atoms with van der Waals surface area (Å²) in [7, 11) is 0. The molecule has 1 aromatic carbocycles. The minimum absolute atomic E-state index is 0.160. The first kappa shape index (κ1) is 15.2. The second-order valence-corrected chi connectivity index (χ2v) is 6.77. The number of thiazole rings is 1. The van der Waals surface area contributed by atoms with Crippen LogP contribution in [0.5, 0.6) is 0 Å². The van der Waals surface area contributed by atoms with E-state index >= 15 is 0 Å². The lowest BCUT2D eigenvalue weighted by Gasteiger charge is -2.30. The van der Waals surface area contributed by atoms with Crippen molar-refractivity contribution in [2.45, 2.75) is 32.2 Å². The van der Waals surface area contributed by atoms with E-state index in [2.05, 4.69) is 30.1 Å². The fourth-order valence-electron chi connectivity index (χ4n) is 2.71. The van der Waals surface area contributed by atoms with Crippen LogP contribution in [0.3, 0.4) is 0 Å². The van der Waals surface area contributed by atoms with Crippen LogP contribution in [-0.2, 0) is 11.2 Å². The third kappa shape index (κ3) is 3.54. The van der Waals surface area contributed by atoms with E-state index in [1.807, 2.05) is 16.3 Å². The van der Waals surface area contributed by atoms with E-state index < -0.39 is 0 Å². The molecule has 0 radical (unpaired) electrons. The molecule has 0 bridgehead atoms. The van der Waals surface area contributed by atoms with Gasteiger partial charge in [-0.05, 0) is 25.8 Å². The molecule has 1 amide bonds. The van der Waals surface area contributed by atoms with Crippen molar-refractivity contribution in [1.29, 1.82) is 0 Å². The summed E-state index contributed by atoms with van der Waals surface area (Å²) in [5.41, 5.74) is 9.08. The maximum atomic E-state index is 12.3. The van der Waals surface area contributed by atoms with Crippen molar-refractivity contribution in [2.24, 2.45) is 5.73 Å². The van der Waals surface area contributed by atoms with Crippen LogP contribution in [0, 0.1) is 6.92 Å². The van der Waals surface area contributed by atoms with Crippen molar-refractivity contribution in [3.05, 3.63) is 40.9 Å². The number of hydrogen-bond acceptors (Lipinski definition) is 4. The number of benzene rings is 1. The Morgan fingerprint density at radius 2 is 2.18 bits per heavy atom. The zero-order chi connectivity index (χ0) is 15.5. The largest absolute Gasteiger partial charge is 0.342 e. The smallest absolute Gasteiger partial charge is 0.228 e. The maximum Gasteiger partial charge on any atom is 0.228 e. The third-order valence-electron chi connectivity index (χ3n) is 4.04. The molecule has 5 heteroatoms. The SMILES string of the molecule is Cc1cccc(-c2nc(CC(=O)N3CCC(N)CC3)cs2)c1. The van der Waals surface area contributed by atoms with Crippen LogP contribution in [-0.4, -0.2) is 34.9 Å². The quantitative estimate of drug-likeness (QED) is 0.947. The molecule has 2 N–H and O–H groups in total. The Bertz CT molecular complexity index is 659. The number of rotatable bonds is 3. The molecule has 1 aliphatic heterocycles.